The number of rotatable bonds is 8. The van der Waals surface area contributed by atoms with Crippen molar-refractivity contribution >= 4 is 5.69 Å². The number of aryl methyl sites for hydroxylation is 1. The molecule has 2 nitrogen and oxygen atoms in total. The smallest absolute Gasteiger partial charge is 0.0366 e. The summed E-state index contributed by atoms with van der Waals surface area (Å²) in [5, 5.41) is 0. The Labute approximate surface area is 106 Å². The average Bonchev–Trinajstić information content (AvgIpc) is 2.33. The van der Waals surface area contributed by atoms with Crippen LogP contribution in [0, 0.1) is 6.92 Å². The van der Waals surface area contributed by atoms with Crippen molar-refractivity contribution in [1.82, 2.24) is 0 Å². The third-order valence-electron chi connectivity index (χ3n) is 3.14. The Kier molecular flexibility index (Phi) is 6.71. The lowest BCUT2D eigenvalue weighted by atomic mass is 10.1. The van der Waals surface area contributed by atoms with Crippen LogP contribution in [0.4, 0.5) is 5.69 Å². The van der Waals surface area contributed by atoms with Crippen molar-refractivity contribution in [3.8, 4) is 0 Å². The van der Waals surface area contributed by atoms with Gasteiger partial charge in [-0.1, -0.05) is 31.4 Å². The molecule has 17 heavy (non-hydrogen) atoms. The molecule has 0 unspecified atom stereocenters. The Morgan fingerprint density at radius 2 is 1.76 bits per heavy atom. The highest BCUT2D eigenvalue weighted by Crippen LogP contribution is 2.15. The van der Waals surface area contributed by atoms with E-state index < -0.39 is 0 Å². The summed E-state index contributed by atoms with van der Waals surface area (Å²) in [6, 6.07) is 8.70. The quantitative estimate of drug-likeness (QED) is 0.699. The maximum absolute atomic E-state index is 5.47. The van der Waals surface area contributed by atoms with Crippen LogP contribution < -0.4 is 10.6 Å². The average molecular weight is 234 g/mol. The maximum atomic E-state index is 5.47. The minimum atomic E-state index is 0.837. The van der Waals surface area contributed by atoms with Gasteiger partial charge in [0, 0.05) is 19.3 Å². The second-order valence-corrected chi connectivity index (χ2v) is 4.82. The van der Waals surface area contributed by atoms with Crippen molar-refractivity contribution in [2.45, 2.75) is 39.0 Å². The summed E-state index contributed by atoms with van der Waals surface area (Å²) in [5.41, 5.74) is 8.13. The highest BCUT2D eigenvalue weighted by atomic mass is 15.1. The Morgan fingerprint density at radius 3 is 2.47 bits per heavy atom. The van der Waals surface area contributed by atoms with E-state index in [1.807, 2.05) is 0 Å². The van der Waals surface area contributed by atoms with E-state index in [0.29, 0.717) is 0 Å². The van der Waals surface area contributed by atoms with E-state index in [0.717, 1.165) is 13.1 Å². The number of hydrogen-bond donors (Lipinski definition) is 1. The van der Waals surface area contributed by atoms with Gasteiger partial charge in [-0.05, 0) is 44.0 Å². The van der Waals surface area contributed by atoms with Crippen LogP contribution in [-0.4, -0.2) is 20.1 Å². The van der Waals surface area contributed by atoms with Crippen molar-refractivity contribution < 1.29 is 0 Å². The number of nitrogens with zero attached hydrogens (tertiary/aromatic N) is 1. The van der Waals surface area contributed by atoms with E-state index in [2.05, 4.69) is 43.1 Å². The molecule has 0 aliphatic rings. The van der Waals surface area contributed by atoms with Gasteiger partial charge in [0.2, 0.25) is 0 Å². The summed E-state index contributed by atoms with van der Waals surface area (Å²) in [5.74, 6) is 0. The number of benzene rings is 1. The highest BCUT2D eigenvalue weighted by Gasteiger charge is 2.00. The van der Waals surface area contributed by atoms with Gasteiger partial charge in [0.05, 0.1) is 0 Å². The second-order valence-electron chi connectivity index (χ2n) is 4.82. The molecule has 1 aromatic carbocycles. The fourth-order valence-corrected chi connectivity index (χ4v) is 2.02. The number of hydrogen-bond acceptors (Lipinski definition) is 2. The van der Waals surface area contributed by atoms with Gasteiger partial charge >= 0.3 is 0 Å². The molecule has 0 aliphatic carbocycles. The molecule has 0 bridgehead atoms. The van der Waals surface area contributed by atoms with Gasteiger partial charge in [-0.25, -0.2) is 0 Å². The highest BCUT2D eigenvalue weighted by molar-refractivity contribution is 5.47. The maximum Gasteiger partial charge on any atom is 0.0366 e. The van der Waals surface area contributed by atoms with Gasteiger partial charge in [-0.2, -0.15) is 0 Å². The monoisotopic (exact) mass is 234 g/mol. The Hall–Kier alpha value is -1.02. The Balaban J connectivity index is 2.19. The van der Waals surface area contributed by atoms with E-state index in [1.165, 1.54) is 43.4 Å². The molecule has 0 atom stereocenters. The number of unbranched alkanes of at least 4 members (excludes halogenated alkanes) is 4. The Morgan fingerprint density at radius 1 is 1.06 bits per heavy atom. The molecular formula is C15H26N2. The van der Waals surface area contributed by atoms with Gasteiger partial charge in [0.25, 0.3) is 0 Å². The lowest BCUT2D eigenvalue weighted by Crippen LogP contribution is -2.18. The van der Waals surface area contributed by atoms with Crippen LogP contribution in [0.1, 0.15) is 37.7 Å². The molecule has 2 heteroatoms. The first-order valence-electron chi connectivity index (χ1n) is 6.72. The minimum absolute atomic E-state index is 0.837. The lowest BCUT2D eigenvalue weighted by molar-refractivity contribution is 0.616. The van der Waals surface area contributed by atoms with Crippen LogP contribution in [0.15, 0.2) is 24.3 Å². The zero-order chi connectivity index (χ0) is 12.5. The van der Waals surface area contributed by atoms with E-state index in [4.69, 9.17) is 5.73 Å². The third kappa shape index (κ3) is 5.73. The summed E-state index contributed by atoms with van der Waals surface area (Å²) in [7, 11) is 2.18. The molecule has 96 valence electrons. The normalized spacial score (nSPS) is 10.5. The van der Waals surface area contributed by atoms with E-state index >= 15 is 0 Å². The standard InChI is InChI=1S/C15H26N2/c1-14-9-8-10-15(13-14)17(2)12-7-5-3-4-6-11-16/h8-10,13H,3-7,11-12,16H2,1-2H3. The molecule has 0 saturated carbocycles. The van der Waals surface area contributed by atoms with E-state index in [-0.39, 0.29) is 0 Å². The molecule has 0 amide bonds. The summed E-state index contributed by atoms with van der Waals surface area (Å²) in [6.45, 7) is 4.12. The summed E-state index contributed by atoms with van der Waals surface area (Å²) in [6.07, 6.45) is 6.36. The lowest BCUT2D eigenvalue weighted by Gasteiger charge is -2.19. The van der Waals surface area contributed by atoms with E-state index in [1.54, 1.807) is 0 Å². The minimum Gasteiger partial charge on any atom is -0.375 e. The molecular weight excluding hydrogens is 208 g/mol. The molecule has 0 saturated heterocycles. The molecule has 1 rings (SSSR count). The topological polar surface area (TPSA) is 29.3 Å². The van der Waals surface area contributed by atoms with Crippen LogP contribution in [0.25, 0.3) is 0 Å². The molecule has 2 N–H and O–H groups in total. The van der Waals surface area contributed by atoms with Gasteiger partial charge in [-0.15, -0.1) is 0 Å². The SMILES string of the molecule is Cc1cccc(N(C)CCCCCCCN)c1. The zero-order valence-electron chi connectivity index (χ0n) is 11.3. The summed E-state index contributed by atoms with van der Waals surface area (Å²) < 4.78 is 0. The fraction of sp³-hybridized carbons (Fsp3) is 0.600. The zero-order valence-corrected chi connectivity index (χ0v) is 11.3. The predicted octanol–water partition coefficient (Wildman–Crippen LogP) is 3.34. The number of nitrogens with two attached hydrogens (primary N) is 1. The predicted molar refractivity (Wildman–Crippen MR) is 76.6 cm³/mol. The Bertz CT molecular complexity index is 310. The fourth-order valence-electron chi connectivity index (χ4n) is 2.02. The van der Waals surface area contributed by atoms with Gasteiger partial charge in [-0.3, -0.25) is 0 Å². The van der Waals surface area contributed by atoms with Gasteiger partial charge in [0.1, 0.15) is 0 Å². The van der Waals surface area contributed by atoms with Crippen molar-refractivity contribution in [2.75, 3.05) is 25.0 Å². The molecule has 0 spiro atoms. The van der Waals surface area contributed by atoms with Crippen LogP contribution in [0.5, 0.6) is 0 Å². The molecule has 0 fully saturated rings. The van der Waals surface area contributed by atoms with Crippen LogP contribution >= 0.6 is 0 Å². The first-order chi connectivity index (χ1) is 8.24. The van der Waals surface area contributed by atoms with Crippen molar-refractivity contribution in [2.24, 2.45) is 5.73 Å². The number of anilines is 1. The second kappa shape index (κ2) is 8.13. The van der Waals surface area contributed by atoms with Crippen molar-refractivity contribution in [3.05, 3.63) is 29.8 Å². The van der Waals surface area contributed by atoms with Gasteiger partial charge < -0.3 is 10.6 Å². The van der Waals surface area contributed by atoms with Crippen LogP contribution in [0.2, 0.25) is 0 Å². The van der Waals surface area contributed by atoms with E-state index in [9.17, 15) is 0 Å². The molecule has 0 aromatic heterocycles. The molecule has 0 aliphatic heterocycles. The summed E-state index contributed by atoms with van der Waals surface area (Å²) >= 11 is 0. The van der Waals surface area contributed by atoms with Crippen LogP contribution in [-0.2, 0) is 0 Å². The first kappa shape index (κ1) is 14.0. The first-order valence-corrected chi connectivity index (χ1v) is 6.72. The van der Waals surface area contributed by atoms with Crippen molar-refractivity contribution in [3.63, 3.8) is 0 Å². The third-order valence-corrected chi connectivity index (χ3v) is 3.14. The molecule has 0 radical (unpaired) electrons. The largest absolute Gasteiger partial charge is 0.375 e. The molecule has 0 heterocycles. The summed E-state index contributed by atoms with van der Waals surface area (Å²) in [4.78, 5) is 2.34. The molecule has 1 aromatic rings. The van der Waals surface area contributed by atoms with Crippen molar-refractivity contribution in [1.29, 1.82) is 0 Å². The van der Waals surface area contributed by atoms with Crippen LogP contribution in [0.3, 0.4) is 0 Å². The van der Waals surface area contributed by atoms with Gasteiger partial charge in [0.15, 0.2) is 0 Å².